The van der Waals surface area contributed by atoms with Gasteiger partial charge in [-0.25, -0.2) is 9.97 Å². The van der Waals surface area contributed by atoms with Crippen LogP contribution in [-0.2, 0) is 0 Å². The fourth-order valence-electron chi connectivity index (χ4n) is 3.20. The Balaban J connectivity index is 1.36. The molecule has 7 heteroatoms. The summed E-state index contributed by atoms with van der Waals surface area (Å²) in [6.07, 6.45) is 3.25. The van der Waals surface area contributed by atoms with Crippen LogP contribution in [0.5, 0.6) is 0 Å². The summed E-state index contributed by atoms with van der Waals surface area (Å²) >= 11 is 6.07. The third-order valence-corrected chi connectivity index (χ3v) is 5.03. The smallest absolute Gasteiger partial charge is 0.257 e. The number of nitrogens with zero attached hydrogens (tertiary/aromatic N) is 4. The van der Waals surface area contributed by atoms with Crippen molar-refractivity contribution in [3.05, 3.63) is 77.6 Å². The van der Waals surface area contributed by atoms with Crippen LogP contribution in [0.15, 0.2) is 67.0 Å². The minimum atomic E-state index is -0.279. The van der Waals surface area contributed by atoms with Crippen LogP contribution >= 0.6 is 11.6 Å². The van der Waals surface area contributed by atoms with Crippen LogP contribution in [0.1, 0.15) is 10.4 Å². The zero-order chi connectivity index (χ0) is 19.3. The van der Waals surface area contributed by atoms with Gasteiger partial charge in [0.1, 0.15) is 0 Å². The van der Waals surface area contributed by atoms with E-state index in [9.17, 15) is 4.79 Å². The van der Waals surface area contributed by atoms with Gasteiger partial charge in [-0.1, -0.05) is 41.9 Å². The van der Waals surface area contributed by atoms with E-state index < -0.39 is 0 Å². The molecule has 0 aliphatic carbocycles. The Bertz CT molecular complexity index is 941. The zero-order valence-electron chi connectivity index (χ0n) is 15.3. The number of aromatic nitrogens is 2. The number of carbonyl (C=O) groups excluding carboxylic acids is 1. The van der Waals surface area contributed by atoms with Crippen LogP contribution in [0.25, 0.3) is 0 Å². The third kappa shape index (κ3) is 4.07. The van der Waals surface area contributed by atoms with E-state index >= 15 is 0 Å². The molecule has 0 bridgehead atoms. The van der Waals surface area contributed by atoms with Crippen molar-refractivity contribution in [2.45, 2.75) is 0 Å². The van der Waals surface area contributed by atoms with E-state index in [-0.39, 0.29) is 5.91 Å². The lowest BCUT2D eigenvalue weighted by Gasteiger charge is -2.36. The lowest BCUT2D eigenvalue weighted by molar-refractivity contribution is 0.102. The molecule has 3 aromatic rings. The molecule has 0 atom stereocenters. The normalized spacial score (nSPS) is 14.0. The second kappa shape index (κ2) is 8.27. The Morgan fingerprint density at radius 1 is 0.857 bits per heavy atom. The topological polar surface area (TPSA) is 61.4 Å². The van der Waals surface area contributed by atoms with Crippen molar-refractivity contribution >= 4 is 34.8 Å². The summed E-state index contributed by atoms with van der Waals surface area (Å²) in [6.45, 7) is 3.52. The Kier molecular flexibility index (Phi) is 5.39. The van der Waals surface area contributed by atoms with Gasteiger partial charge in [0.2, 0.25) is 5.95 Å². The SMILES string of the molecule is O=C(Nc1cnc(N2CCN(c3ccccc3)CC2)nc1)c1ccccc1Cl. The van der Waals surface area contributed by atoms with Crippen molar-refractivity contribution in [1.29, 1.82) is 0 Å². The molecule has 0 spiro atoms. The molecule has 0 saturated carbocycles. The summed E-state index contributed by atoms with van der Waals surface area (Å²) in [5, 5.41) is 3.19. The Morgan fingerprint density at radius 2 is 1.46 bits per heavy atom. The van der Waals surface area contributed by atoms with E-state index in [1.54, 1.807) is 36.7 Å². The second-order valence-corrected chi connectivity index (χ2v) is 6.92. The quantitative estimate of drug-likeness (QED) is 0.732. The van der Waals surface area contributed by atoms with Gasteiger partial charge >= 0.3 is 0 Å². The summed E-state index contributed by atoms with van der Waals surface area (Å²) in [5.74, 6) is 0.391. The van der Waals surface area contributed by atoms with Crippen LogP contribution in [0, 0.1) is 0 Å². The first kappa shape index (κ1) is 18.3. The second-order valence-electron chi connectivity index (χ2n) is 6.52. The van der Waals surface area contributed by atoms with Gasteiger partial charge in [0, 0.05) is 31.9 Å². The fraction of sp³-hybridized carbons (Fsp3) is 0.190. The highest BCUT2D eigenvalue weighted by Crippen LogP contribution is 2.19. The monoisotopic (exact) mass is 393 g/mol. The molecule has 1 aromatic heterocycles. The lowest BCUT2D eigenvalue weighted by Crippen LogP contribution is -2.47. The molecule has 2 heterocycles. The van der Waals surface area contributed by atoms with Crippen molar-refractivity contribution < 1.29 is 4.79 Å². The van der Waals surface area contributed by atoms with Crippen molar-refractivity contribution in [2.75, 3.05) is 41.3 Å². The molecular formula is C21H20ClN5O. The van der Waals surface area contributed by atoms with Gasteiger partial charge < -0.3 is 15.1 Å². The van der Waals surface area contributed by atoms with Crippen LogP contribution < -0.4 is 15.1 Å². The molecule has 1 aliphatic heterocycles. The van der Waals surface area contributed by atoms with E-state index in [1.807, 2.05) is 6.07 Å². The van der Waals surface area contributed by atoms with E-state index in [4.69, 9.17) is 11.6 Å². The maximum Gasteiger partial charge on any atom is 0.257 e. The number of nitrogens with one attached hydrogen (secondary N) is 1. The number of carbonyl (C=O) groups is 1. The summed E-state index contributed by atoms with van der Waals surface area (Å²) in [7, 11) is 0. The van der Waals surface area contributed by atoms with Gasteiger partial charge in [-0.2, -0.15) is 0 Å². The van der Waals surface area contributed by atoms with Crippen molar-refractivity contribution in [2.24, 2.45) is 0 Å². The number of benzene rings is 2. The van der Waals surface area contributed by atoms with E-state index in [0.29, 0.717) is 22.2 Å². The number of amides is 1. The summed E-state index contributed by atoms with van der Waals surface area (Å²) in [6, 6.07) is 17.3. The molecule has 1 fully saturated rings. The molecule has 142 valence electrons. The van der Waals surface area contributed by atoms with Gasteiger partial charge in [0.05, 0.1) is 28.7 Å². The molecule has 28 heavy (non-hydrogen) atoms. The Labute approximate surface area is 168 Å². The highest BCUT2D eigenvalue weighted by molar-refractivity contribution is 6.34. The molecule has 1 amide bonds. The van der Waals surface area contributed by atoms with Gasteiger partial charge in [0.15, 0.2) is 0 Å². The van der Waals surface area contributed by atoms with Crippen molar-refractivity contribution in [3.8, 4) is 0 Å². The molecule has 4 rings (SSSR count). The standard InChI is InChI=1S/C21H20ClN5O/c22-19-9-5-4-8-18(19)20(28)25-16-14-23-21(24-15-16)27-12-10-26(11-13-27)17-6-2-1-3-7-17/h1-9,14-15H,10-13H2,(H,25,28). The number of hydrogen-bond donors (Lipinski definition) is 1. The molecule has 0 unspecified atom stereocenters. The van der Waals surface area contributed by atoms with E-state index in [1.165, 1.54) is 5.69 Å². The molecule has 1 aliphatic rings. The average molecular weight is 394 g/mol. The minimum Gasteiger partial charge on any atom is -0.368 e. The largest absolute Gasteiger partial charge is 0.368 e. The number of piperazine rings is 1. The average Bonchev–Trinajstić information content (AvgIpc) is 2.75. The highest BCUT2D eigenvalue weighted by Gasteiger charge is 2.19. The van der Waals surface area contributed by atoms with Crippen LogP contribution in [0.4, 0.5) is 17.3 Å². The van der Waals surface area contributed by atoms with Gasteiger partial charge in [0.25, 0.3) is 5.91 Å². The fourth-order valence-corrected chi connectivity index (χ4v) is 3.42. The molecule has 1 saturated heterocycles. The Hall–Kier alpha value is -3.12. The summed E-state index contributed by atoms with van der Waals surface area (Å²) < 4.78 is 0. The van der Waals surface area contributed by atoms with Crippen LogP contribution in [0.2, 0.25) is 5.02 Å². The summed E-state index contributed by atoms with van der Waals surface area (Å²) in [4.78, 5) is 25.7. The third-order valence-electron chi connectivity index (χ3n) is 4.70. The number of halogens is 1. The number of hydrogen-bond acceptors (Lipinski definition) is 5. The maximum atomic E-state index is 12.3. The molecule has 0 radical (unpaired) electrons. The molecule has 2 aromatic carbocycles. The van der Waals surface area contributed by atoms with Gasteiger partial charge in [-0.05, 0) is 24.3 Å². The molecular weight excluding hydrogens is 374 g/mol. The van der Waals surface area contributed by atoms with E-state index in [0.717, 1.165) is 26.2 Å². The van der Waals surface area contributed by atoms with Gasteiger partial charge in [-0.3, -0.25) is 4.79 Å². The predicted octanol–water partition coefficient (Wildman–Crippen LogP) is 3.71. The number of para-hydroxylation sites is 1. The minimum absolute atomic E-state index is 0.279. The first-order valence-electron chi connectivity index (χ1n) is 9.13. The predicted molar refractivity (Wildman–Crippen MR) is 112 cm³/mol. The maximum absolute atomic E-state index is 12.3. The lowest BCUT2D eigenvalue weighted by atomic mass is 10.2. The van der Waals surface area contributed by atoms with Crippen molar-refractivity contribution in [1.82, 2.24) is 9.97 Å². The van der Waals surface area contributed by atoms with Crippen LogP contribution in [-0.4, -0.2) is 42.1 Å². The van der Waals surface area contributed by atoms with Crippen molar-refractivity contribution in [3.63, 3.8) is 0 Å². The summed E-state index contributed by atoms with van der Waals surface area (Å²) in [5.41, 5.74) is 2.20. The van der Waals surface area contributed by atoms with Gasteiger partial charge in [-0.15, -0.1) is 0 Å². The van der Waals surface area contributed by atoms with E-state index in [2.05, 4.69) is 49.4 Å². The number of rotatable bonds is 4. The molecule has 1 N–H and O–H groups in total. The number of anilines is 3. The first-order valence-corrected chi connectivity index (χ1v) is 9.51. The molecule has 6 nitrogen and oxygen atoms in total. The zero-order valence-corrected chi connectivity index (χ0v) is 16.0. The Morgan fingerprint density at radius 3 is 2.14 bits per heavy atom. The highest BCUT2D eigenvalue weighted by atomic mass is 35.5. The first-order chi connectivity index (χ1) is 13.7. The van der Waals surface area contributed by atoms with Crippen LogP contribution in [0.3, 0.4) is 0 Å².